The van der Waals surface area contributed by atoms with Gasteiger partial charge in [-0.05, 0) is 68.9 Å². The van der Waals surface area contributed by atoms with Crippen LogP contribution in [0.2, 0.25) is 0 Å². The molecule has 0 bridgehead atoms. The Morgan fingerprint density at radius 2 is 1.43 bits per heavy atom. The summed E-state index contributed by atoms with van der Waals surface area (Å²) in [5, 5.41) is 0. The van der Waals surface area contributed by atoms with E-state index >= 15 is 0 Å². The molecule has 0 amide bonds. The minimum Gasteiger partial charge on any atom is -0.497 e. The molecule has 0 aliphatic rings. The van der Waals surface area contributed by atoms with Crippen LogP contribution in [-0.2, 0) is 16.0 Å². The highest BCUT2D eigenvalue weighted by atomic mass is 16.5. The minimum atomic E-state index is -0.0769. The summed E-state index contributed by atoms with van der Waals surface area (Å²) < 4.78 is 11.2. The van der Waals surface area contributed by atoms with Gasteiger partial charge in [-0.3, -0.25) is 4.79 Å². The number of rotatable bonds is 14. The van der Waals surface area contributed by atoms with Gasteiger partial charge in [-0.15, -0.1) is 0 Å². The molecule has 3 rings (SSSR count). The Bertz CT molecular complexity index is 1320. The van der Waals surface area contributed by atoms with Crippen LogP contribution in [0, 0.1) is 18.8 Å². The standard InChI is InChI=1S/C26H34N2O3.C8H18.C7H8/c1-6-22(24-10-8-9-11-25(24)27)18-28(7-2)19(3)26(20(4)29)31-17-16-21-12-14-23(30-5)15-13-21;1-5-7(3)8(4)6-2;1-7-5-3-2-4-6-7/h6,8-15H,7,16-18,27H2,1-5H3;7-8H,5-6H2,1-4H3;2-6H,1H3/b22-6-,26-19-;;. The summed E-state index contributed by atoms with van der Waals surface area (Å²) in [5.41, 5.74) is 12.3. The molecule has 0 aromatic heterocycles. The Morgan fingerprint density at radius 1 is 0.870 bits per heavy atom. The van der Waals surface area contributed by atoms with Crippen molar-refractivity contribution in [2.24, 2.45) is 11.8 Å². The maximum atomic E-state index is 12.4. The molecule has 2 N–H and O–H groups in total. The molecule has 0 fully saturated rings. The predicted molar refractivity (Wildman–Crippen MR) is 198 cm³/mol. The topological polar surface area (TPSA) is 64.8 Å². The monoisotopic (exact) mass is 628 g/mol. The van der Waals surface area contributed by atoms with E-state index in [0.29, 0.717) is 25.3 Å². The van der Waals surface area contributed by atoms with Crippen molar-refractivity contribution in [2.75, 3.05) is 32.5 Å². The fraction of sp³-hybridized carbons (Fsp3) is 0.439. The molecule has 0 heterocycles. The van der Waals surface area contributed by atoms with E-state index in [9.17, 15) is 4.79 Å². The van der Waals surface area contributed by atoms with Crippen molar-refractivity contribution in [3.63, 3.8) is 0 Å². The van der Waals surface area contributed by atoms with Crippen LogP contribution in [0.1, 0.15) is 84.9 Å². The number of ether oxygens (including phenoxy) is 2. The first-order chi connectivity index (χ1) is 22.0. The number of para-hydroxylation sites is 1. The molecule has 3 aromatic rings. The lowest BCUT2D eigenvalue weighted by molar-refractivity contribution is -0.117. The summed E-state index contributed by atoms with van der Waals surface area (Å²) in [6, 6.07) is 26.0. The lowest BCUT2D eigenvalue weighted by Gasteiger charge is -2.27. The average Bonchev–Trinajstić information content (AvgIpc) is 3.07. The Balaban J connectivity index is 0.000000574. The Kier molecular flexibility index (Phi) is 19.6. The van der Waals surface area contributed by atoms with E-state index in [-0.39, 0.29) is 5.78 Å². The molecule has 0 aliphatic carbocycles. The highest BCUT2D eigenvalue weighted by Crippen LogP contribution is 2.25. The summed E-state index contributed by atoms with van der Waals surface area (Å²) in [7, 11) is 1.65. The Morgan fingerprint density at radius 3 is 1.87 bits per heavy atom. The number of carbonyl (C=O) groups is 1. The van der Waals surface area contributed by atoms with Crippen LogP contribution in [0.15, 0.2) is 96.4 Å². The van der Waals surface area contributed by atoms with Crippen LogP contribution in [0.4, 0.5) is 5.69 Å². The zero-order chi connectivity index (χ0) is 34.5. The van der Waals surface area contributed by atoms with Gasteiger partial charge in [0.1, 0.15) is 5.75 Å². The number of likely N-dealkylation sites (N-methyl/N-ethyl adjacent to an activating group) is 1. The second-order valence-electron chi connectivity index (χ2n) is 11.8. The molecule has 0 spiro atoms. The SMILES string of the molecule is C/C=C(/CN(CC)/C(C)=C(\OCCc1ccc(OC)cc1)C(C)=O)c1ccccc1N.CCC(C)C(C)CC.Cc1ccccc1. The van der Waals surface area contributed by atoms with Crippen molar-refractivity contribution in [3.8, 4) is 5.75 Å². The molecule has 3 aromatic carbocycles. The number of allylic oxidation sites excluding steroid dienone is 3. The largest absolute Gasteiger partial charge is 0.497 e. The summed E-state index contributed by atoms with van der Waals surface area (Å²) in [6.45, 7) is 20.6. The van der Waals surface area contributed by atoms with Crippen LogP contribution in [0.3, 0.4) is 0 Å². The van der Waals surface area contributed by atoms with Gasteiger partial charge in [0, 0.05) is 37.7 Å². The molecular weight excluding hydrogens is 568 g/mol. The molecule has 5 heteroatoms. The number of Topliss-reactive ketones (excluding diaryl/α,β-unsaturated/α-hetero) is 1. The maximum Gasteiger partial charge on any atom is 0.196 e. The van der Waals surface area contributed by atoms with Gasteiger partial charge in [-0.2, -0.15) is 0 Å². The van der Waals surface area contributed by atoms with E-state index in [4.69, 9.17) is 15.2 Å². The number of nitrogens with zero attached hydrogens (tertiary/aromatic N) is 1. The molecule has 0 radical (unpaired) electrons. The molecule has 0 aliphatic heterocycles. The van der Waals surface area contributed by atoms with Crippen LogP contribution in [-0.4, -0.2) is 37.5 Å². The Hall–Kier alpha value is -3.99. The van der Waals surface area contributed by atoms with Gasteiger partial charge in [-0.1, -0.05) is 113 Å². The zero-order valence-electron chi connectivity index (χ0n) is 30.2. The second-order valence-corrected chi connectivity index (χ2v) is 11.8. The third-order valence-corrected chi connectivity index (χ3v) is 8.52. The number of aryl methyl sites for hydroxylation is 1. The van der Waals surface area contributed by atoms with E-state index in [0.717, 1.165) is 52.2 Å². The molecule has 0 saturated heterocycles. The van der Waals surface area contributed by atoms with Crippen LogP contribution in [0.5, 0.6) is 5.75 Å². The summed E-state index contributed by atoms with van der Waals surface area (Å²) in [4.78, 5) is 14.5. The molecular formula is C41H60N2O3. The lowest BCUT2D eigenvalue weighted by atomic mass is 9.92. The van der Waals surface area contributed by atoms with E-state index in [1.165, 1.54) is 18.4 Å². The van der Waals surface area contributed by atoms with Crippen molar-refractivity contribution < 1.29 is 14.3 Å². The van der Waals surface area contributed by atoms with Gasteiger partial charge in [0.2, 0.25) is 0 Å². The average molecular weight is 629 g/mol. The molecule has 252 valence electrons. The van der Waals surface area contributed by atoms with Crippen molar-refractivity contribution in [1.29, 1.82) is 0 Å². The highest BCUT2D eigenvalue weighted by molar-refractivity contribution is 5.92. The smallest absolute Gasteiger partial charge is 0.196 e. The molecule has 46 heavy (non-hydrogen) atoms. The number of nitrogens with two attached hydrogens (primary N) is 1. The number of hydrogen-bond acceptors (Lipinski definition) is 5. The number of anilines is 1. The lowest BCUT2D eigenvalue weighted by Crippen LogP contribution is -2.27. The first-order valence-electron chi connectivity index (χ1n) is 16.8. The van der Waals surface area contributed by atoms with Gasteiger partial charge < -0.3 is 20.1 Å². The fourth-order valence-electron chi connectivity index (χ4n) is 4.80. The number of methoxy groups -OCH3 is 1. The van der Waals surface area contributed by atoms with Crippen molar-refractivity contribution >= 4 is 17.0 Å². The van der Waals surface area contributed by atoms with E-state index in [1.54, 1.807) is 14.0 Å². The number of hydrogen-bond donors (Lipinski definition) is 1. The number of carbonyl (C=O) groups excluding carboxylic acids is 1. The third-order valence-electron chi connectivity index (χ3n) is 8.52. The zero-order valence-corrected chi connectivity index (χ0v) is 30.2. The van der Waals surface area contributed by atoms with Crippen LogP contribution >= 0.6 is 0 Å². The summed E-state index contributed by atoms with van der Waals surface area (Å²) in [6.07, 6.45) is 5.43. The first-order valence-corrected chi connectivity index (χ1v) is 16.8. The van der Waals surface area contributed by atoms with E-state index in [1.807, 2.05) is 80.6 Å². The first kappa shape index (κ1) is 40.0. The molecule has 5 nitrogen and oxygen atoms in total. The third kappa shape index (κ3) is 14.4. The van der Waals surface area contributed by atoms with Gasteiger partial charge in [-0.25, -0.2) is 0 Å². The number of benzene rings is 3. The van der Waals surface area contributed by atoms with Crippen molar-refractivity contribution in [2.45, 2.75) is 81.6 Å². The number of nitrogen functional groups attached to an aromatic ring is 1. The molecule has 2 unspecified atom stereocenters. The van der Waals surface area contributed by atoms with E-state index < -0.39 is 0 Å². The Labute approximate surface area is 280 Å². The maximum absolute atomic E-state index is 12.4. The molecule has 0 saturated carbocycles. The quantitative estimate of drug-likeness (QED) is 0.109. The van der Waals surface area contributed by atoms with Crippen molar-refractivity contribution in [3.05, 3.63) is 113 Å². The molecule has 2 atom stereocenters. The van der Waals surface area contributed by atoms with Crippen LogP contribution < -0.4 is 10.5 Å². The van der Waals surface area contributed by atoms with Gasteiger partial charge in [0.25, 0.3) is 0 Å². The van der Waals surface area contributed by atoms with Gasteiger partial charge >= 0.3 is 0 Å². The summed E-state index contributed by atoms with van der Waals surface area (Å²) >= 11 is 0. The van der Waals surface area contributed by atoms with Gasteiger partial charge in [0.05, 0.1) is 19.4 Å². The fourth-order valence-corrected chi connectivity index (χ4v) is 4.80. The minimum absolute atomic E-state index is 0.0769. The van der Waals surface area contributed by atoms with Crippen molar-refractivity contribution in [1.82, 2.24) is 4.90 Å². The van der Waals surface area contributed by atoms with Gasteiger partial charge in [0.15, 0.2) is 11.5 Å². The second kappa shape index (κ2) is 22.5. The normalized spacial score (nSPS) is 12.7. The number of ketones is 1. The highest BCUT2D eigenvalue weighted by Gasteiger charge is 2.17. The van der Waals surface area contributed by atoms with Crippen LogP contribution in [0.25, 0.3) is 5.57 Å². The predicted octanol–water partition coefficient (Wildman–Crippen LogP) is 10.2. The summed E-state index contributed by atoms with van der Waals surface area (Å²) in [5.74, 6) is 2.99. The van der Waals surface area contributed by atoms with E-state index in [2.05, 4.69) is 64.7 Å².